The van der Waals surface area contributed by atoms with Crippen molar-refractivity contribution in [2.75, 3.05) is 26.2 Å². The quantitative estimate of drug-likeness (QED) is 0.627. The van der Waals surface area contributed by atoms with Crippen molar-refractivity contribution in [1.82, 2.24) is 15.1 Å². The van der Waals surface area contributed by atoms with Gasteiger partial charge in [0.05, 0.1) is 12.1 Å². The van der Waals surface area contributed by atoms with E-state index in [0.29, 0.717) is 31.7 Å². The van der Waals surface area contributed by atoms with Gasteiger partial charge in [-0.25, -0.2) is 4.39 Å². The number of nitrogens with one attached hydrogen (secondary N) is 1. The van der Waals surface area contributed by atoms with Gasteiger partial charge >= 0.3 is 0 Å². The van der Waals surface area contributed by atoms with Crippen LogP contribution < -0.4 is 5.32 Å². The summed E-state index contributed by atoms with van der Waals surface area (Å²) in [6, 6.07) is 24.9. The molecule has 0 saturated carbocycles. The molecule has 4 rings (SSSR count). The van der Waals surface area contributed by atoms with Gasteiger partial charge in [-0.05, 0) is 42.3 Å². The highest BCUT2D eigenvalue weighted by Gasteiger charge is 2.29. The van der Waals surface area contributed by atoms with Crippen molar-refractivity contribution < 1.29 is 14.0 Å². The number of benzene rings is 3. The average molecular weight is 446 g/mol. The van der Waals surface area contributed by atoms with E-state index in [9.17, 15) is 14.0 Å². The third kappa shape index (κ3) is 5.46. The Kier molecular flexibility index (Phi) is 7.15. The van der Waals surface area contributed by atoms with Crippen LogP contribution in [-0.2, 0) is 4.79 Å². The summed E-state index contributed by atoms with van der Waals surface area (Å²) in [5, 5.41) is 3.22. The molecule has 5 nitrogen and oxygen atoms in total. The zero-order valence-corrected chi connectivity index (χ0v) is 18.7. The fourth-order valence-corrected chi connectivity index (χ4v) is 4.17. The molecule has 6 heteroatoms. The molecule has 1 heterocycles. The number of carbonyl (C=O) groups excluding carboxylic acids is 2. The van der Waals surface area contributed by atoms with E-state index < -0.39 is 0 Å². The molecule has 3 aromatic carbocycles. The zero-order valence-electron chi connectivity index (χ0n) is 18.7. The lowest BCUT2D eigenvalue weighted by molar-refractivity contribution is -0.126. The number of carbonyl (C=O) groups is 2. The van der Waals surface area contributed by atoms with Crippen LogP contribution in [0.4, 0.5) is 4.39 Å². The van der Waals surface area contributed by atoms with E-state index >= 15 is 0 Å². The van der Waals surface area contributed by atoms with Crippen LogP contribution in [0.15, 0.2) is 84.9 Å². The van der Waals surface area contributed by atoms with Gasteiger partial charge in [-0.15, -0.1) is 0 Å². The number of amides is 2. The highest BCUT2D eigenvalue weighted by molar-refractivity contribution is 5.94. The first-order valence-electron chi connectivity index (χ1n) is 11.2. The Bertz CT molecular complexity index is 1030. The smallest absolute Gasteiger partial charge is 0.253 e. The van der Waals surface area contributed by atoms with Crippen molar-refractivity contribution in [2.24, 2.45) is 0 Å². The maximum Gasteiger partial charge on any atom is 0.253 e. The van der Waals surface area contributed by atoms with Crippen LogP contribution in [0.3, 0.4) is 0 Å². The van der Waals surface area contributed by atoms with Crippen LogP contribution in [-0.4, -0.2) is 53.8 Å². The Morgan fingerprint density at radius 2 is 1.30 bits per heavy atom. The van der Waals surface area contributed by atoms with Crippen LogP contribution in [0.25, 0.3) is 0 Å². The molecule has 3 aromatic rings. The predicted molar refractivity (Wildman–Crippen MR) is 126 cm³/mol. The molecular weight excluding hydrogens is 417 g/mol. The van der Waals surface area contributed by atoms with Gasteiger partial charge in [-0.1, -0.05) is 60.7 Å². The van der Waals surface area contributed by atoms with Gasteiger partial charge < -0.3 is 10.2 Å². The standard InChI is InChI=1S/C27H28FN3O2/c1-20(30-16-18-31(19-17-30)27(33)23-12-14-24(28)15-13-23)26(32)29-25(21-8-4-2-5-9-21)22-10-6-3-7-11-22/h2-15,20,25H,16-19H2,1H3,(H,29,32). The summed E-state index contributed by atoms with van der Waals surface area (Å²) < 4.78 is 13.1. The van der Waals surface area contributed by atoms with Crippen LogP contribution >= 0.6 is 0 Å². The summed E-state index contributed by atoms with van der Waals surface area (Å²) in [6.07, 6.45) is 0. The first-order valence-corrected chi connectivity index (χ1v) is 11.2. The molecular formula is C27H28FN3O2. The Hall–Kier alpha value is -3.51. The minimum atomic E-state index is -0.361. The third-order valence-corrected chi connectivity index (χ3v) is 6.17. The van der Waals surface area contributed by atoms with E-state index in [4.69, 9.17) is 0 Å². The number of hydrogen-bond acceptors (Lipinski definition) is 3. The molecule has 0 aliphatic carbocycles. The minimum Gasteiger partial charge on any atom is -0.344 e. The van der Waals surface area contributed by atoms with E-state index in [1.54, 1.807) is 4.90 Å². The highest BCUT2D eigenvalue weighted by Crippen LogP contribution is 2.22. The Morgan fingerprint density at radius 3 is 1.82 bits per heavy atom. The molecule has 1 fully saturated rings. The van der Waals surface area contributed by atoms with E-state index in [1.165, 1.54) is 24.3 Å². The van der Waals surface area contributed by atoms with Crippen molar-refractivity contribution in [2.45, 2.75) is 19.0 Å². The number of nitrogens with zero attached hydrogens (tertiary/aromatic N) is 2. The molecule has 1 aliphatic rings. The highest BCUT2D eigenvalue weighted by atomic mass is 19.1. The van der Waals surface area contributed by atoms with Crippen LogP contribution in [0.5, 0.6) is 0 Å². The Balaban J connectivity index is 1.39. The second-order valence-electron chi connectivity index (χ2n) is 8.27. The largest absolute Gasteiger partial charge is 0.344 e. The van der Waals surface area contributed by atoms with Gasteiger partial charge in [0.2, 0.25) is 5.91 Å². The fourth-order valence-electron chi connectivity index (χ4n) is 4.17. The monoisotopic (exact) mass is 445 g/mol. The molecule has 1 N–H and O–H groups in total. The van der Waals surface area contributed by atoms with Gasteiger partial charge in [-0.2, -0.15) is 0 Å². The summed E-state index contributed by atoms with van der Waals surface area (Å²) in [7, 11) is 0. The third-order valence-electron chi connectivity index (χ3n) is 6.17. The zero-order chi connectivity index (χ0) is 23.2. The lowest BCUT2D eigenvalue weighted by Crippen LogP contribution is -2.55. The molecule has 170 valence electrons. The summed E-state index contributed by atoms with van der Waals surface area (Å²) in [5.74, 6) is -0.522. The normalized spacial score (nSPS) is 15.3. The van der Waals surface area contributed by atoms with E-state index in [1.807, 2.05) is 67.6 Å². The van der Waals surface area contributed by atoms with Gasteiger partial charge in [0.1, 0.15) is 5.82 Å². The lowest BCUT2D eigenvalue weighted by atomic mass is 9.98. The molecule has 0 aromatic heterocycles. The van der Waals surface area contributed by atoms with E-state index in [-0.39, 0.29) is 29.7 Å². The first kappa shape index (κ1) is 22.7. The first-order chi connectivity index (χ1) is 16.0. The molecule has 1 atom stereocenters. The Labute approximate surface area is 193 Å². The number of rotatable bonds is 6. The van der Waals surface area contributed by atoms with Crippen LogP contribution in [0.2, 0.25) is 0 Å². The number of halogens is 1. The molecule has 2 amide bonds. The second-order valence-corrected chi connectivity index (χ2v) is 8.27. The molecule has 1 unspecified atom stereocenters. The topological polar surface area (TPSA) is 52.7 Å². The van der Waals surface area contributed by atoms with Crippen molar-refractivity contribution in [3.63, 3.8) is 0 Å². The van der Waals surface area contributed by atoms with Gasteiger partial charge in [0.15, 0.2) is 0 Å². The molecule has 33 heavy (non-hydrogen) atoms. The minimum absolute atomic E-state index is 0.0500. The molecule has 0 spiro atoms. The van der Waals surface area contributed by atoms with Gasteiger partial charge in [0.25, 0.3) is 5.91 Å². The average Bonchev–Trinajstić information content (AvgIpc) is 2.88. The number of piperazine rings is 1. The summed E-state index contributed by atoms with van der Waals surface area (Å²) in [4.78, 5) is 29.7. The maximum absolute atomic E-state index is 13.2. The van der Waals surface area contributed by atoms with Gasteiger partial charge in [0, 0.05) is 31.7 Å². The van der Waals surface area contributed by atoms with E-state index in [0.717, 1.165) is 11.1 Å². The lowest BCUT2D eigenvalue weighted by Gasteiger charge is -2.38. The fraction of sp³-hybridized carbons (Fsp3) is 0.259. The molecule has 0 radical (unpaired) electrons. The second kappa shape index (κ2) is 10.4. The predicted octanol–water partition coefficient (Wildman–Crippen LogP) is 3.88. The molecule has 1 saturated heterocycles. The van der Waals surface area contributed by atoms with Crippen LogP contribution in [0.1, 0.15) is 34.5 Å². The van der Waals surface area contributed by atoms with Gasteiger partial charge in [-0.3, -0.25) is 14.5 Å². The summed E-state index contributed by atoms with van der Waals surface area (Å²) in [6.45, 7) is 4.15. The van der Waals surface area contributed by atoms with Crippen LogP contribution in [0, 0.1) is 5.82 Å². The van der Waals surface area contributed by atoms with Crippen molar-refractivity contribution in [3.8, 4) is 0 Å². The summed E-state index contributed by atoms with van der Waals surface area (Å²) in [5.41, 5.74) is 2.53. The molecule has 1 aliphatic heterocycles. The van der Waals surface area contributed by atoms with Crippen molar-refractivity contribution in [3.05, 3.63) is 107 Å². The maximum atomic E-state index is 13.2. The van der Waals surface area contributed by atoms with Crippen molar-refractivity contribution in [1.29, 1.82) is 0 Å². The van der Waals surface area contributed by atoms with Crippen molar-refractivity contribution >= 4 is 11.8 Å². The summed E-state index contributed by atoms with van der Waals surface area (Å²) >= 11 is 0. The Morgan fingerprint density at radius 1 is 0.788 bits per heavy atom. The number of hydrogen-bond donors (Lipinski definition) is 1. The van der Waals surface area contributed by atoms with E-state index in [2.05, 4.69) is 10.2 Å². The molecule has 0 bridgehead atoms. The SMILES string of the molecule is CC(C(=O)NC(c1ccccc1)c1ccccc1)N1CCN(C(=O)c2ccc(F)cc2)CC1.